The number of benzene rings is 1. The number of carboxylic acids is 1. The summed E-state index contributed by atoms with van der Waals surface area (Å²) in [6.45, 7) is 5.08. The molecule has 0 aliphatic carbocycles. The van der Waals surface area contributed by atoms with Crippen LogP contribution in [0.1, 0.15) is 29.8 Å². The number of rotatable bonds is 5. The van der Waals surface area contributed by atoms with E-state index in [1.807, 2.05) is 0 Å². The molecule has 0 fully saturated rings. The Hall–Kier alpha value is -1.60. The Morgan fingerprint density at radius 3 is 2.44 bits per heavy atom. The first-order valence-corrected chi connectivity index (χ1v) is 6.83. The fourth-order valence-electron chi connectivity index (χ4n) is 1.41. The molecule has 1 aromatic rings. The van der Waals surface area contributed by atoms with Gasteiger partial charge in [-0.3, -0.25) is 4.72 Å². The minimum atomic E-state index is -3.77. The first-order chi connectivity index (χ1) is 8.21. The topological polar surface area (TPSA) is 95.5 Å². The fourth-order valence-corrected chi connectivity index (χ4v) is 2.56. The lowest BCUT2D eigenvalue weighted by Crippen LogP contribution is -2.35. The lowest BCUT2D eigenvalue weighted by atomic mass is 10.1. The fraction of sp³-hybridized carbons (Fsp3) is 0.364. The summed E-state index contributed by atoms with van der Waals surface area (Å²) in [6, 6.07) is 4.20. The smallest absolute Gasteiger partial charge is 0.337 e. The minimum Gasteiger partial charge on any atom is -0.478 e. The lowest BCUT2D eigenvalue weighted by molar-refractivity contribution is 0.0698. The predicted octanol–water partition coefficient (Wildman–Crippen LogP) is 1.35. The van der Waals surface area contributed by atoms with Crippen LogP contribution >= 0.6 is 0 Å². The zero-order chi connectivity index (χ0) is 13.9. The van der Waals surface area contributed by atoms with Crippen LogP contribution in [0.5, 0.6) is 0 Å². The molecule has 0 aliphatic rings. The molecule has 0 saturated heterocycles. The van der Waals surface area contributed by atoms with E-state index in [2.05, 4.69) is 9.44 Å². The molecule has 0 radical (unpaired) electrons. The Bertz CT molecular complexity index is 552. The highest BCUT2D eigenvalue weighted by Crippen LogP contribution is 2.18. The Labute approximate surface area is 106 Å². The monoisotopic (exact) mass is 272 g/mol. The summed E-state index contributed by atoms with van der Waals surface area (Å²) in [5, 5.41) is 9.01. The second-order valence-electron chi connectivity index (χ2n) is 4.23. The van der Waals surface area contributed by atoms with Crippen molar-refractivity contribution in [2.45, 2.75) is 26.8 Å². The van der Waals surface area contributed by atoms with Crippen molar-refractivity contribution in [2.75, 3.05) is 4.72 Å². The van der Waals surface area contributed by atoms with Crippen molar-refractivity contribution in [1.82, 2.24) is 4.72 Å². The summed E-state index contributed by atoms with van der Waals surface area (Å²) in [6.07, 6.45) is 0. The van der Waals surface area contributed by atoms with E-state index >= 15 is 0 Å². The molecule has 0 aliphatic heterocycles. The normalized spacial score (nSPS) is 11.6. The van der Waals surface area contributed by atoms with Gasteiger partial charge in [0, 0.05) is 6.04 Å². The van der Waals surface area contributed by atoms with Crippen LogP contribution in [0.3, 0.4) is 0 Å². The molecule has 100 valence electrons. The summed E-state index contributed by atoms with van der Waals surface area (Å²) >= 11 is 0. The number of hydrogen-bond acceptors (Lipinski definition) is 3. The zero-order valence-electron chi connectivity index (χ0n) is 10.4. The van der Waals surface area contributed by atoms with Crippen LogP contribution in [0.2, 0.25) is 0 Å². The van der Waals surface area contributed by atoms with Gasteiger partial charge in [-0.1, -0.05) is 11.6 Å². The highest BCUT2D eigenvalue weighted by Gasteiger charge is 2.16. The standard InChI is InChI=1S/C11H16N2O4S/c1-7(2)12-18(16,17)13-10-5-4-8(3)6-9(10)11(14)15/h4-7,12-13H,1-3H3,(H,14,15). The van der Waals surface area contributed by atoms with Crippen LogP contribution in [0.4, 0.5) is 5.69 Å². The molecule has 0 aromatic heterocycles. The summed E-state index contributed by atoms with van der Waals surface area (Å²) in [5.74, 6) is -1.18. The second kappa shape index (κ2) is 5.36. The van der Waals surface area contributed by atoms with Crippen molar-refractivity contribution in [3.05, 3.63) is 29.3 Å². The molecule has 6 nitrogen and oxygen atoms in total. The molecule has 0 saturated carbocycles. The van der Waals surface area contributed by atoms with E-state index in [-0.39, 0.29) is 17.3 Å². The minimum absolute atomic E-state index is 0.0428. The van der Waals surface area contributed by atoms with Gasteiger partial charge in [0.05, 0.1) is 11.3 Å². The van der Waals surface area contributed by atoms with E-state index in [1.54, 1.807) is 26.8 Å². The van der Waals surface area contributed by atoms with E-state index in [0.717, 1.165) is 5.56 Å². The Kier molecular flexibility index (Phi) is 4.31. The maximum atomic E-state index is 11.7. The SMILES string of the molecule is Cc1ccc(NS(=O)(=O)NC(C)C)c(C(=O)O)c1. The highest BCUT2D eigenvalue weighted by molar-refractivity contribution is 7.90. The molecule has 0 unspecified atom stereocenters. The van der Waals surface area contributed by atoms with E-state index in [9.17, 15) is 13.2 Å². The molecule has 18 heavy (non-hydrogen) atoms. The average Bonchev–Trinajstić information content (AvgIpc) is 2.18. The van der Waals surface area contributed by atoms with Gasteiger partial charge in [-0.2, -0.15) is 13.1 Å². The van der Waals surface area contributed by atoms with Gasteiger partial charge in [-0.25, -0.2) is 4.79 Å². The summed E-state index contributed by atoms with van der Waals surface area (Å²) in [7, 11) is -3.77. The van der Waals surface area contributed by atoms with Gasteiger partial charge in [0.1, 0.15) is 0 Å². The van der Waals surface area contributed by atoms with Gasteiger partial charge in [0.25, 0.3) is 10.2 Å². The van der Waals surface area contributed by atoms with E-state index < -0.39 is 16.2 Å². The van der Waals surface area contributed by atoms with E-state index in [1.165, 1.54) is 12.1 Å². The third-order valence-electron chi connectivity index (χ3n) is 2.04. The largest absolute Gasteiger partial charge is 0.478 e. The first kappa shape index (κ1) is 14.5. The molecule has 7 heteroatoms. The van der Waals surface area contributed by atoms with Crippen molar-refractivity contribution in [3.63, 3.8) is 0 Å². The number of aromatic carboxylic acids is 1. The Morgan fingerprint density at radius 1 is 1.33 bits per heavy atom. The van der Waals surface area contributed by atoms with Crippen molar-refractivity contribution < 1.29 is 18.3 Å². The van der Waals surface area contributed by atoms with Gasteiger partial charge in [-0.05, 0) is 32.9 Å². The van der Waals surface area contributed by atoms with Crippen LogP contribution < -0.4 is 9.44 Å². The maximum Gasteiger partial charge on any atom is 0.337 e. The van der Waals surface area contributed by atoms with Gasteiger partial charge < -0.3 is 5.11 Å². The molecular formula is C11H16N2O4S. The molecule has 0 bridgehead atoms. The number of carboxylic acid groups (broad SMARTS) is 1. The summed E-state index contributed by atoms with van der Waals surface area (Å²) < 4.78 is 27.8. The molecule has 0 heterocycles. The maximum absolute atomic E-state index is 11.7. The third kappa shape index (κ3) is 4.01. The summed E-state index contributed by atoms with van der Waals surface area (Å²) in [4.78, 5) is 11.0. The molecule has 0 amide bonds. The van der Waals surface area contributed by atoms with Crippen LogP contribution in [0.15, 0.2) is 18.2 Å². The van der Waals surface area contributed by atoms with Crippen molar-refractivity contribution in [3.8, 4) is 0 Å². The van der Waals surface area contributed by atoms with Crippen molar-refractivity contribution in [1.29, 1.82) is 0 Å². The molecular weight excluding hydrogens is 256 g/mol. The van der Waals surface area contributed by atoms with Gasteiger partial charge in [0.2, 0.25) is 0 Å². The lowest BCUT2D eigenvalue weighted by Gasteiger charge is -2.13. The van der Waals surface area contributed by atoms with Gasteiger partial charge in [-0.15, -0.1) is 0 Å². The molecule has 1 aromatic carbocycles. The Morgan fingerprint density at radius 2 is 1.94 bits per heavy atom. The first-order valence-electron chi connectivity index (χ1n) is 5.35. The average molecular weight is 272 g/mol. The molecule has 3 N–H and O–H groups in total. The van der Waals surface area contributed by atoms with E-state index in [0.29, 0.717) is 0 Å². The van der Waals surface area contributed by atoms with Crippen molar-refractivity contribution >= 4 is 21.9 Å². The van der Waals surface area contributed by atoms with E-state index in [4.69, 9.17) is 5.11 Å². The highest BCUT2D eigenvalue weighted by atomic mass is 32.2. The number of nitrogens with one attached hydrogen (secondary N) is 2. The number of hydrogen-bond donors (Lipinski definition) is 3. The van der Waals surface area contributed by atoms with Crippen molar-refractivity contribution in [2.24, 2.45) is 0 Å². The van der Waals surface area contributed by atoms with Crippen LogP contribution in [0.25, 0.3) is 0 Å². The predicted molar refractivity (Wildman–Crippen MR) is 69.0 cm³/mol. The van der Waals surface area contributed by atoms with Gasteiger partial charge in [0.15, 0.2) is 0 Å². The summed E-state index contributed by atoms with van der Waals surface area (Å²) in [5.41, 5.74) is 0.706. The van der Waals surface area contributed by atoms with Crippen LogP contribution in [-0.2, 0) is 10.2 Å². The second-order valence-corrected chi connectivity index (χ2v) is 5.68. The van der Waals surface area contributed by atoms with Gasteiger partial charge >= 0.3 is 5.97 Å². The molecule has 0 spiro atoms. The Balaban J connectivity index is 3.08. The third-order valence-corrected chi connectivity index (χ3v) is 3.31. The quantitative estimate of drug-likeness (QED) is 0.754. The van der Waals surface area contributed by atoms with Crippen LogP contribution in [0, 0.1) is 6.92 Å². The van der Waals surface area contributed by atoms with Crippen LogP contribution in [-0.4, -0.2) is 25.5 Å². The molecule has 1 rings (SSSR count). The number of carbonyl (C=O) groups is 1. The zero-order valence-corrected chi connectivity index (χ0v) is 11.2. The number of anilines is 1. The molecule has 0 atom stereocenters. The number of aryl methyl sites for hydroxylation is 1.